The van der Waals surface area contributed by atoms with Gasteiger partial charge in [-0.25, -0.2) is 0 Å². The molecule has 0 aromatic carbocycles. The number of hydrogen-bond acceptors (Lipinski definition) is 5. The average molecular weight is 634 g/mol. The summed E-state index contributed by atoms with van der Waals surface area (Å²) in [5.74, 6) is 2.48. The van der Waals surface area contributed by atoms with E-state index in [2.05, 4.69) is 27.7 Å². The standard InChI is InChI=1S/C30H52F5NOS3/c1-5-8-16-23(6-2)24(7-3)21-27(26-19-12-9-10-13-20-26)28(22(4)25-17-14-11-15-18-25)37-40-30(34,35)39-36-38-29(31,32)33/h22-26,36H,5-21H2,1-4H3/b28-27-. The molecule has 40 heavy (non-hydrogen) atoms. The van der Waals surface area contributed by atoms with Crippen LogP contribution in [0.3, 0.4) is 0 Å². The second kappa shape index (κ2) is 18.8. The molecule has 0 amide bonds. The van der Waals surface area contributed by atoms with Crippen LogP contribution in [0.5, 0.6) is 0 Å². The fraction of sp³-hybridized carbons (Fsp3) is 0.933. The summed E-state index contributed by atoms with van der Waals surface area (Å²) in [7, 11) is 0. The van der Waals surface area contributed by atoms with Gasteiger partial charge in [-0.05, 0) is 61.3 Å². The second-order valence-electron chi connectivity index (χ2n) is 11.8. The maximum atomic E-state index is 14.8. The maximum Gasteiger partial charge on any atom is 0.456 e. The summed E-state index contributed by atoms with van der Waals surface area (Å²) in [5.41, 5.74) is -3.40. The SMILES string of the molecule is CCCCC(CC)C(CC)C/C(=C(/OSC(F)(F)SNSC(F)(F)F)C(C)C1CCCCC1)C1CCCCCC1. The third-order valence-corrected chi connectivity index (χ3v) is 11.2. The summed E-state index contributed by atoms with van der Waals surface area (Å²) in [6.07, 6.45) is 19.0. The molecule has 236 valence electrons. The molecule has 2 aliphatic carbocycles. The molecule has 0 radical (unpaired) electrons. The van der Waals surface area contributed by atoms with Crippen LogP contribution in [0.4, 0.5) is 22.0 Å². The van der Waals surface area contributed by atoms with Crippen molar-refractivity contribution in [2.75, 3.05) is 0 Å². The van der Waals surface area contributed by atoms with Crippen molar-refractivity contribution in [3.8, 4) is 0 Å². The van der Waals surface area contributed by atoms with Crippen LogP contribution in [0.25, 0.3) is 0 Å². The summed E-state index contributed by atoms with van der Waals surface area (Å²) < 4.78 is 71.5. The number of hydrogen-bond donors (Lipinski definition) is 1. The monoisotopic (exact) mass is 633 g/mol. The predicted octanol–water partition coefficient (Wildman–Crippen LogP) is 12.7. The fourth-order valence-corrected chi connectivity index (χ4v) is 8.68. The van der Waals surface area contributed by atoms with Gasteiger partial charge < -0.3 is 4.18 Å². The van der Waals surface area contributed by atoms with Gasteiger partial charge in [-0.15, -0.1) is 0 Å². The number of rotatable bonds is 17. The Morgan fingerprint density at radius 2 is 1.40 bits per heavy atom. The number of unbranched alkanes of at least 4 members (excludes halogenated alkanes) is 1. The van der Waals surface area contributed by atoms with Gasteiger partial charge in [0.15, 0.2) is 0 Å². The van der Waals surface area contributed by atoms with Crippen molar-refractivity contribution in [3.63, 3.8) is 0 Å². The Hall–Kier alpha value is 0.200. The van der Waals surface area contributed by atoms with Gasteiger partial charge in [0.25, 0.3) is 0 Å². The molecule has 0 bridgehead atoms. The summed E-state index contributed by atoms with van der Waals surface area (Å²) in [4.78, 5) is 0. The average Bonchev–Trinajstić information content (AvgIpc) is 3.20. The highest BCUT2D eigenvalue weighted by atomic mass is 32.2. The summed E-state index contributed by atoms with van der Waals surface area (Å²) >= 11 is -0.894. The Balaban J connectivity index is 2.43. The predicted molar refractivity (Wildman–Crippen MR) is 164 cm³/mol. The molecule has 2 nitrogen and oxygen atoms in total. The van der Waals surface area contributed by atoms with Crippen molar-refractivity contribution >= 4 is 35.9 Å². The van der Waals surface area contributed by atoms with E-state index >= 15 is 0 Å². The van der Waals surface area contributed by atoms with Gasteiger partial charge in [0.1, 0.15) is 17.8 Å². The minimum atomic E-state index is -4.63. The first-order valence-corrected chi connectivity index (χ1v) is 18.0. The highest BCUT2D eigenvalue weighted by Crippen LogP contribution is 2.48. The number of nitrogens with one attached hydrogen (secondary N) is 1. The molecule has 0 aromatic heterocycles. The first-order chi connectivity index (χ1) is 19.0. The smallest absolute Gasteiger partial charge is 0.423 e. The molecule has 0 spiro atoms. The molecule has 0 heterocycles. The molecule has 1 N–H and O–H groups in total. The molecule has 2 aliphatic rings. The van der Waals surface area contributed by atoms with Crippen molar-refractivity contribution in [1.82, 2.24) is 4.13 Å². The minimum absolute atomic E-state index is 0.0117. The third-order valence-electron chi connectivity index (χ3n) is 9.11. The van der Waals surface area contributed by atoms with Crippen molar-refractivity contribution < 1.29 is 26.1 Å². The highest BCUT2D eigenvalue weighted by molar-refractivity contribution is 8.20. The number of allylic oxidation sites excluding steroid dienone is 2. The van der Waals surface area contributed by atoms with Crippen molar-refractivity contribution in [2.24, 2.45) is 29.6 Å². The Morgan fingerprint density at radius 1 is 0.825 bits per heavy atom. The van der Waals surface area contributed by atoms with Gasteiger partial charge >= 0.3 is 10.1 Å². The van der Waals surface area contributed by atoms with Crippen LogP contribution in [0.1, 0.15) is 137 Å². The molecule has 3 atom stereocenters. The van der Waals surface area contributed by atoms with E-state index in [1.165, 1.54) is 37.7 Å². The van der Waals surface area contributed by atoms with Crippen LogP contribution >= 0.6 is 35.9 Å². The topological polar surface area (TPSA) is 21.3 Å². The number of halogens is 5. The summed E-state index contributed by atoms with van der Waals surface area (Å²) in [6.45, 7) is 8.87. The van der Waals surface area contributed by atoms with E-state index in [9.17, 15) is 22.0 Å². The molecule has 0 aromatic rings. The van der Waals surface area contributed by atoms with E-state index < -0.39 is 22.0 Å². The van der Waals surface area contributed by atoms with Crippen LogP contribution in [-0.4, -0.2) is 10.1 Å². The zero-order valence-electron chi connectivity index (χ0n) is 24.9. The molecule has 2 rings (SSSR count). The molecule has 0 saturated heterocycles. The van der Waals surface area contributed by atoms with Gasteiger partial charge in [0.2, 0.25) is 0 Å². The summed E-state index contributed by atoms with van der Waals surface area (Å²) in [6, 6.07) is 0. The largest absolute Gasteiger partial charge is 0.456 e. The first-order valence-electron chi connectivity index (χ1n) is 15.6. The summed E-state index contributed by atoms with van der Waals surface area (Å²) in [5, 5.41) is 0. The second-order valence-corrected chi connectivity index (χ2v) is 15.0. The van der Waals surface area contributed by atoms with Crippen molar-refractivity contribution in [2.45, 2.75) is 147 Å². The molecular weight excluding hydrogens is 582 g/mol. The van der Waals surface area contributed by atoms with Crippen molar-refractivity contribution in [3.05, 3.63) is 11.3 Å². The molecular formula is C30H52F5NOS3. The van der Waals surface area contributed by atoms with Crippen LogP contribution in [-0.2, 0) is 4.18 Å². The van der Waals surface area contributed by atoms with Gasteiger partial charge in [-0.3, -0.25) is 0 Å². The van der Waals surface area contributed by atoms with Crippen LogP contribution < -0.4 is 4.13 Å². The molecule has 3 unspecified atom stereocenters. The zero-order chi connectivity index (χ0) is 29.6. The van der Waals surface area contributed by atoms with Gasteiger partial charge in [-0.1, -0.05) is 105 Å². The van der Waals surface area contributed by atoms with E-state index in [0.717, 1.165) is 77.0 Å². The lowest BCUT2D eigenvalue weighted by Gasteiger charge is -2.35. The Labute approximate surface area is 253 Å². The number of alkyl halides is 5. The maximum absolute atomic E-state index is 14.8. The quantitative estimate of drug-likeness (QED) is 0.0428. The van der Waals surface area contributed by atoms with Crippen LogP contribution in [0.15, 0.2) is 11.3 Å². The minimum Gasteiger partial charge on any atom is -0.423 e. The highest BCUT2D eigenvalue weighted by Gasteiger charge is 2.39. The van der Waals surface area contributed by atoms with Crippen LogP contribution in [0.2, 0.25) is 0 Å². The molecule has 2 fully saturated rings. The lowest BCUT2D eigenvalue weighted by atomic mass is 9.73. The normalized spacial score (nSPS) is 21.4. The zero-order valence-corrected chi connectivity index (χ0v) is 27.4. The Kier molecular flexibility index (Phi) is 17.1. The molecule has 10 heteroatoms. The molecule has 2 saturated carbocycles. The lowest BCUT2D eigenvalue weighted by Crippen LogP contribution is -2.24. The third kappa shape index (κ3) is 13.2. The van der Waals surface area contributed by atoms with Crippen LogP contribution in [0, 0.1) is 29.6 Å². The van der Waals surface area contributed by atoms with Crippen molar-refractivity contribution in [1.29, 1.82) is 0 Å². The first kappa shape index (κ1) is 36.4. The van der Waals surface area contributed by atoms with E-state index in [0.29, 0.717) is 29.4 Å². The van der Waals surface area contributed by atoms with E-state index in [-0.39, 0.29) is 29.9 Å². The lowest BCUT2D eigenvalue weighted by molar-refractivity contribution is -0.0331. The van der Waals surface area contributed by atoms with E-state index in [1.54, 1.807) is 4.13 Å². The van der Waals surface area contributed by atoms with Gasteiger partial charge in [0.05, 0.1) is 0 Å². The van der Waals surface area contributed by atoms with Gasteiger partial charge in [-0.2, -0.15) is 26.1 Å². The molecule has 0 aliphatic heterocycles. The Bertz CT molecular complexity index is 723. The van der Waals surface area contributed by atoms with Gasteiger partial charge in [0, 0.05) is 29.8 Å². The fourth-order valence-electron chi connectivity index (χ4n) is 6.76. The van der Waals surface area contributed by atoms with E-state index in [4.69, 9.17) is 4.18 Å². The van der Waals surface area contributed by atoms with E-state index in [1.807, 2.05) is 0 Å². The Morgan fingerprint density at radius 3 is 1.95 bits per heavy atom.